The van der Waals surface area contributed by atoms with Crippen molar-refractivity contribution in [3.8, 4) is 17.0 Å². The fraction of sp³-hybridized carbons (Fsp3) is 0.394. The fourth-order valence-electron chi connectivity index (χ4n) is 3.97. The quantitative estimate of drug-likeness (QED) is 0.154. The molecule has 9 heteroatoms. The van der Waals surface area contributed by atoms with E-state index in [9.17, 15) is 14.4 Å². The number of carbonyl (C=O) groups is 3. The van der Waals surface area contributed by atoms with Crippen LogP contribution in [-0.2, 0) is 25.6 Å². The van der Waals surface area contributed by atoms with Crippen LogP contribution in [-0.4, -0.2) is 48.1 Å². The van der Waals surface area contributed by atoms with E-state index in [1.54, 1.807) is 25.3 Å². The SMILES string of the molecule is CCC(Cc1ccc(OCCNC(=O)c2ccc(-c3ccccn3)cc2)cc1)C(=O)ONCC(C)C(=O)OC(C)(C)C. The van der Waals surface area contributed by atoms with E-state index in [0.29, 0.717) is 37.3 Å². The Morgan fingerprint density at radius 1 is 0.929 bits per heavy atom. The minimum Gasteiger partial charge on any atom is -0.492 e. The average molecular weight is 576 g/mol. The number of ether oxygens (including phenoxy) is 2. The van der Waals surface area contributed by atoms with Crippen molar-refractivity contribution in [2.24, 2.45) is 11.8 Å². The Morgan fingerprint density at radius 3 is 2.26 bits per heavy atom. The summed E-state index contributed by atoms with van der Waals surface area (Å²) in [5.74, 6) is -1.03. The van der Waals surface area contributed by atoms with Gasteiger partial charge in [0.25, 0.3) is 5.91 Å². The third kappa shape index (κ3) is 10.6. The fourth-order valence-corrected chi connectivity index (χ4v) is 3.97. The van der Waals surface area contributed by atoms with Crippen molar-refractivity contribution in [2.75, 3.05) is 19.7 Å². The summed E-state index contributed by atoms with van der Waals surface area (Å²) in [4.78, 5) is 46.7. The molecule has 0 spiro atoms. The van der Waals surface area contributed by atoms with Crippen molar-refractivity contribution in [3.05, 3.63) is 84.1 Å². The molecule has 0 fully saturated rings. The van der Waals surface area contributed by atoms with Gasteiger partial charge in [0.1, 0.15) is 18.0 Å². The minimum atomic E-state index is -0.569. The summed E-state index contributed by atoms with van der Waals surface area (Å²) >= 11 is 0. The zero-order valence-electron chi connectivity index (χ0n) is 25.0. The van der Waals surface area contributed by atoms with Gasteiger partial charge in [-0.15, -0.1) is 0 Å². The monoisotopic (exact) mass is 575 g/mol. The lowest BCUT2D eigenvalue weighted by molar-refractivity contribution is -0.164. The minimum absolute atomic E-state index is 0.168. The summed E-state index contributed by atoms with van der Waals surface area (Å²) in [6, 6.07) is 20.5. The second-order valence-electron chi connectivity index (χ2n) is 11.1. The summed E-state index contributed by atoms with van der Waals surface area (Å²) in [6.45, 7) is 9.90. The number of amides is 1. The van der Waals surface area contributed by atoms with Crippen LogP contribution in [0.2, 0.25) is 0 Å². The van der Waals surface area contributed by atoms with Gasteiger partial charge in [-0.05, 0) is 75.6 Å². The molecule has 224 valence electrons. The second-order valence-corrected chi connectivity index (χ2v) is 11.1. The highest BCUT2D eigenvalue weighted by molar-refractivity contribution is 5.94. The first-order valence-electron chi connectivity index (χ1n) is 14.2. The van der Waals surface area contributed by atoms with Gasteiger partial charge in [0.2, 0.25) is 0 Å². The molecule has 1 amide bonds. The lowest BCUT2D eigenvalue weighted by atomic mass is 9.97. The van der Waals surface area contributed by atoms with E-state index in [2.05, 4.69) is 15.8 Å². The van der Waals surface area contributed by atoms with Crippen LogP contribution in [0.1, 0.15) is 57.0 Å². The van der Waals surface area contributed by atoms with Crippen molar-refractivity contribution < 1.29 is 28.7 Å². The predicted octanol–water partition coefficient (Wildman–Crippen LogP) is 5.15. The molecule has 0 radical (unpaired) electrons. The van der Waals surface area contributed by atoms with Gasteiger partial charge in [-0.3, -0.25) is 19.4 Å². The van der Waals surface area contributed by atoms with E-state index in [1.807, 2.05) is 82.3 Å². The molecule has 42 heavy (non-hydrogen) atoms. The van der Waals surface area contributed by atoms with Crippen LogP contribution in [0, 0.1) is 11.8 Å². The number of nitrogens with zero attached hydrogens (tertiary/aromatic N) is 1. The molecule has 3 rings (SSSR count). The molecule has 9 nitrogen and oxygen atoms in total. The largest absolute Gasteiger partial charge is 0.492 e. The van der Waals surface area contributed by atoms with Gasteiger partial charge in [-0.1, -0.05) is 44.2 Å². The van der Waals surface area contributed by atoms with Crippen LogP contribution in [0.5, 0.6) is 5.75 Å². The van der Waals surface area contributed by atoms with Gasteiger partial charge >= 0.3 is 11.9 Å². The standard InChI is InChI=1S/C33H41N3O6/c1-6-25(32(39)42-36-22-23(2)31(38)41-33(3,4)5)21-24-10-16-28(17-11-24)40-20-19-35-30(37)27-14-12-26(13-15-27)29-9-7-8-18-34-29/h7-18,23,25,36H,6,19-22H2,1-5H3,(H,35,37). The van der Waals surface area contributed by atoms with Gasteiger partial charge in [0, 0.05) is 23.9 Å². The average Bonchev–Trinajstić information content (AvgIpc) is 2.98. The van der Waals surface area contributed by atoms with Crippen molar-refractivity contribution in [1.29, 1.82) is 0 Å². The number of rotatable bonds is 14. The van der Waals surface area contributed by atoms with E-state index < -0.39 is 11.5 Å². The molecule has 1 aromatic heterocycles. The Morgan fingerprint density at radius 2 is 1.64 bits per heavy atom. The number of benzene rings is 2. The summed E-state index contributed by atoms with van der Waals surface area (Å²) < 4.78 is 11.1. The maximum absolute atomic E-state index is 12.6. The molecular weight excluding hydrogens is 534 g/mol. The normalized spacial score (nSPS) is 12.6. The number of hydrogen-bond acceptors (Lipinski definition) is 8. The topological polar surface area (TPSA) is 116 Å². The molecule has 2 aromatic carbocycles. The first-order chi connectivity index (χ1) is 20.1. The molecule has 0 aliphatic heterocycles. The maximum atomic E-state index is 12.6. The van der Waals surface area contributed by atoms with E-state index in [1.165, 1.54) is 0 Å². The zero-order valence-corrected chi connectivity index (χ0v) is 25.0. The van der Waals surface area contributed by atoms with Crippen LogP contribution in [0.4, 0.5) is 0 Å². The molecule has 1 heterocycles. The molecule has 0 aliphatic rings. The smallest absolute Gasteiger partial charge is 0.328 e. The summed E-state index contributed by atoms with van der Waals surface area (Å²) in [5, 5.41) is 2.86. The van der Waals surface area contributed by atoms with Gasteiger partial charge in [0.05, 0.1) is 24.1 Å². The zero-order chi connectivity index (χ0) is 30.5. The first kappa shape index (κ1) is 32.3. The van der Waals surface area contributed by atoms with E-state index in [-0.39, 0.29) is 30.3 Å². The second kappa shape index (κ2) is 15.7. The van der Waals surface area contributed by atoms with Crippen LogP contribution in [0.15, 0.2) is 72.9 Å². The molecule has 2 unspecified atom stereocenters. The Balaban J connectivity index is 1.37. The van der Waals surface area contributed by atoms with Crippen LogP contribution >= 0.6 is 0 Å². The molecular formula is C33H41N3O6. The third-order valence-corrected chi connectivity index (χ3v) is 6.37. The number of carbonyl (C=O) groups excluding carboxylic acids is 3. The van der Waals surface area contributed by atoms with Crippen molar-refractivity contribution in [1.82, 2.24) is 15.8 Å². The number of hydrogen-bond donors (Lipinski definition) is 2. The molecule has 2 atom stereocenters. The van der Waals surface area contributed by atoms with Crippen molar-refractivity contribution >= 4 is 17.8 Å². The molecule has 0 saturated carbocycles. The summed E-state index contributed by atoms with van der Waals surface area (Å²) in [5.41, 5.74) is 5.38. The predicted molar refractivity (Wildman–Crippen MR) is 161 cm³/mol. The maximum Gasteiger partial charge on any atom is 0.328 e. The van der Waals surface area contributed by atoms with Gasteiger partial charge in [-0.25, -0.2) is 0 Å². The van der Waals surface area contributed by atoms with Crippen molar-refractivity contribution in [2.45, 2.75) is 53.1 Å². The summed E-state index contributed by atoms with van der Waals surface area (Å²) in [7, 11) is 0. The van der Waals surface area contributed by atoms with E-state index in [0.717, 1.165) is 16.8 Å². The molecule has 0 bridgehead atoms. The van der Waals surface area contributed by atoms with Crippen LogP contribution in [0.3, 0.4) is 0 Å². The summed E-state index contributed by atoms with van der Waals surface area (Å²) in [6.07, 6.45) is 2.85. The van der Waals surface area contributed by atoms with Gasteiger partial charge in [0.15, 0.2) is 0 Å². The Hall–Kier alpha value is -4.24. The Bertz CT molecular complexity index is 1290. The lowest BCUT2D eigenvalue weighted by Crippen LogP contribution is -2.35. The number of esters is 1. The van der Waals surface area contributed by atoms with E-state index >= 15 is 0 Å². The van der Waals surface area contributed by atoms with Crippen LogP contribution in [0.25, 0.3) is 11.3 Å². The van der Waals surface area contributed by atoms with E-state index in [4.69, 9.17) is 14.3 Å². The molecule has 2 N–H and O–H groups in total. The highest BCUT2D eigenvalue weighted by Gasteiger charge is 2.23. The molecule has 0 aliphatic carbocycles. The lowest BCUT2D eigenvalue weighted by Gasteiger charge is -2.22. The molecule has 0 saturated heterocycles. The highest BCUT2D eigenvalue weighted by atomic mass is 16.7. The van der Waals surface area contributed by atoms with Gasteiger partial charge in [-0.2, -0.15) is 5.48 Å². The number of nitrogens with one attached hydrogen (secondary N) is 2. The number of pyridine rings is 1. The Kier molecular flexibility index (Phi) is 12.0. The number of hydroxylamine groups is 1. The first-order valence-corrected chi connectivity index (χ1v) is 14.2. The molecule has 3 aromatic rings. The number of aromatic nitrogens is 1. The van der Waals surface area contributed by atoms with Crippen molar-refractivity contribution in [3.63, 3.8) is 0 Å². The third-order valence-electron chi connectivity index (χ3n) is 6.37. The van der Waals surface area contributed by atoms with Gasteiger partial charge < -0.3 is 19.6 Å². The van der Waals surface area contributed by atoms with Crippen LogP contribution < -0.4 is 15.5 Å². The highest BCUT2D eigenvalue weighted by Crippen LogP contribution is 2.19. The Labute approximate surface area is 247 Å².